The van der Waals surface area contributed by atoms with Gasteiger partial charge < -0.3 is 5.11 Å². The summed E-state index contributed by atoms with van der Waals surface area (Å²) in [5.41, 5.74) is 0. The van der Waals surface area contributed by atoms with Gasteiger partial charge in [-0.2, -0.15) is 0 Å². The molecule has 2 aliphatic rings. The zero-order valence-corrected chi connectivity index (χ0v) is 10.4. The highest BCUT2D eigenvalue weighted by Gasteiger charge is 2.35. The number of nitrogens with zero attached hydrogens (tertiary/aromatic N) is 1. The summed E-state index contributed by atoms with van der Waals surface area (Å²) in [6.07, 6.45) is 4.12. The smallest absolute Gasteiger partial charge is 0.229 e. The summed E-state index contributed by atoms with van der Waals surface area (Å²) in [5.74, 6) is 0.703. The van der Waals surface area contributed by atoms with Gasteiger partial charge in [-0.25, -0.2) is 0 Å². The Balaban J connectivity index is 1.98. The predicted molar refractivity (Wildman–Crippen MR) is 63.0 cm³/mol. The van der Waals surface area contributed by atoms with Crippen molar-refractivity contribution in [3.8, 4) is 0 Å². The Hall–Kier alpha value is -0.900. The van der Waals surface area contributed by atoms with Gasteiger partial charge >= 0.3 is 0 Å². The van der Waals surface area contributed by atoms with Crippen molar-refractivity contribution in [3.63, 3.8) is 0 Å². The molecule has 2 atom stereocenters. The molecule has 17 heavy (non-hydrogen) atoms. The molecule has 0 aromatic heterocycles. The Morgan fingerprint density at radius 1 is 1.18 bits per heavy atom. The second-order valence-corrected chi connectivity index (χ2v) is 5.55. The van der Waals surface area contributed by atoms with Gasteiger partial charge in [-0.3, -0.25) is 14.5 Å². The van der Waals surface area contributed by atoms with Gasteiger partial charge in [-0.05, 0) is 30.6 Å². The van der Waals surface area contributed by atoms with E-state index in [4.69, 9.17) is 0 Å². The summed E-state index contributed by atoms with van der Waals surface area (Å²) in [6, 6.07) is 0. The molecule has 96 valence electrons. The minimum Gasteiger partial charge on any atom is -0.396 e. The molecule has 1 aliphatic carbocycles. The number of imide groups is 1. The van der Waals surface area contributed by atoms with Gasteiger partial charge in [0.2, 0.25) is 11.8 Å². The van der Waals surface area contributed by atoms with Crippen LogP contribution in [-0.4, -0.2) is 35.0 Å². The third kappa shape index (κ3) is 2.68. The van der Waals surface area contributed by atoms with Crippen LogP contribution in [0.5, 0.6) is 0 Å². The van der Waals surface area contributed by atoms with Gasteiger partial charge in [0, 0.05) is 26.0 Å². The Bertz CT molecular complexity index is 298. The lowest BCUT2D eigenvalue weighted by atomic mass is 9.93. The second-order valence-electron chi connectivity index (χ2n) is 5.55. The highest BCUT2D eigenvalue weighted by molar-refractivity contribution is 5.97. The molecule has 0 spiro atoms. The maximum Gasteiger partial charge on any atom is 0.229 e. The first-order valence-electron chi connectivity index (χ1n) is 6.56. The fraction of sp³-hybridized carbons (Fsp3) is 0.846. The Morgan fingerprint density at radius 3 is 2.35 bits per heavy atom. The van der Waals surface area contributed by atoms with Crippen LogP contribution in [0.1, 0.15) is 39.0 Å². The highest BCUT2D eigenvalue weighted by Crippen LogP contribution is 2.33. The van der Waals surface area contributed by atoms with Crippen LogP contribution in [0.25, 0.3) is 0 Å². The van der Waals surface area contributed by atoms with E-state index in [1.165, 1.54) is 4.90 Å². The third-order valence-corrected chi connectivity index (χ3v) is 4.12. The van der Waals surface area contributed by atoms with Crippen molar-refractivity contribution in [2.24, 2.45) is 17.8 Å². The molecule has 1 saturated carbocycles. The number of likely N-dealkylation sites (tertiary alicyclic amines) is 1. The van der Waals surface area contributed by atoms with Crippen LogP contribution in [0, 0.1) is 17.8 Å². The maximum absolute atomic E-state index is 11.8. The van der Waals surface area contributed by atoms with Gasteiger partial charge in [0.1, 0.15) is 0 Å². The average molecular weight is 239 g/mol. The van der Waals surface area contributed by atoms with Crippen molar-refractivity contribution in [3.05, 3.63) is 0 Å². The molecule has 0 radical (unpaired) electrons. The van der Waals surface area contributed by atoms with Gasteiger partial charge in [0.05, 0.1) is 0 Å². The quantitative estimate of drug-likeness (QED) is 0.752. The molecule has 2 fully saturated rings. The van der Waals surface area contributed by atoms with Crippen LogP contribution in [0.3, 0.4) is 0 Å². The van der Waals surface area contributed by atoms with Gasteiger partial charge in [0.25, 0.3) is 0 Å². The molecule has 1 N–H and O–H groups in total. The summed E-state index contributed by atoms with van der Waals surface area (Å²) in [5, 5.41) is 9.25. The molecule has 2 unspecified atom stereocenters. The first-order chi connectivity index (χ1) is 8.11. The molecule has 0 aromatic rings. The van der Waals surface area contributed by atoms with E-state index >= 15 is 0 Å². The topological polar surface area (TPSA) is 57.6 Å². The first-order valence-corrected chi connectivity index (χ1v) is 6.56. The van der Waals surface area contributed by atoms with E-state index in [-0.39, 0.29) is 30.3 Å². The lowest BCUT2D eigenvalue weighted by Gasteiger charge is -2.31. The van der Waals surface area contributed by atoms with E-state index < -0.39 is 0 Å². The number of carbonyl (C=O) groups is 2. The summed E-state index contributed by atoms with van der Waals surface area (Å²) in [6.45, 7) is 2.64. The van der Waals surface area contributed by atoms with E-state index in [9.17, 15) is 14.7 Å². The Kier molecular flexibility index (Phi) is 3.82. The molecule has 4 nitrogen and oxygen atoms in total. The minimum absolute atomic E-state index is 0.0302. The molecule has 0 bridgehead atoms. The van der Waals surface area contributed by atoms with Crippen molar-refractivity contribution in [2.45, 2.75) is 39.0 Å². The first kappa shape index (κ1) is 12.6. The number of hydrogen-bond acceptors (Lipinski definition) is 3. The number of hydrogen-bond donors (Lipinski definition) is 1. The van der Waals surface area contributed by atoms with Crippen molar-refractivity contribution in [2.75, 3.05) is 13.2 Å². The van der Waals surface area contributed by atoms with E-state index in [1.807, 2.05) is 6.92 Å². The summed E-state index contributed by atoms with van der Waals surface area (Å²) >= 11 is 0. The summed E-state index contributed by atoms with van der Waals surface area (Å²) in [4.78, 5) is 25.1. The van der Waals surface area contributed by atoms with E-state index in [1.54, 1.807) is 0 Å². The van der Waals surface area contributed by atoms with Crippen LogP contribution in [0.4, 0.5) is 0 Å². The van der Waals surface area contributed by atoms with Gasteiger partial charge in [-0.1, -0.05) is 13.3 Å². The molecular formula is C13H21NO3. The van der Waals surface area contributed by atoms with Crippen molar-refractivity contribution in [1.29, 1.82) is 0 Å². The summed E-state index contributed by atoms with van der Waals surface area (Å²) < 4.78 is 0. The lowest BCUT2D eigenvalue weighted by molar-refractivity contribution is -0.150. The molecule has 0 aromatic carbocycles. The molecule has 1 saturated heterocycles. The van der Waals surface area contributed by atoms with E-state index in [2.05, 4.69) is 0 Å². The van der Waals surface area contributed by atoms with Crippen LogP contribution in [0.15, 0.2) is 0 Å². The van der Waals surface area contributed by atoms with Crippen LogP contribution in [-0.2, 0) is 9.59 Å². The largest absolute Gasteiger partial charge is 0.396 e. The Morgan fingerprint density at radius 2 is 1.76 bits per heavy atom. The number of rotatable bonds is 3. The molecule has 1 heterocycles. The molecule has 2 amide bonds. The van der Waals surface area contributed by atoms with Gasteiger partial charge in [0.15, 0.2) is 0 Å². The minimum atomic E-state index is -0.0302. The number of piperidine rings is 1. The number of amides is 2. The van der Waals surface area contributed by atoms with Crippen molar-refractivity contribution >= 4 is 11.8 Å². The van der Waals surface area contributed by atoms with Gasteiger partial charge in [-0.15, -0.1) is 0 Å². The second kappa shape index (κ2) is 5.17. The highest BCUT2D eigenvalue weighted by atomic mass is 16.3. The molecule has 4 heteroatoms. The number of aliphatic hydroxyl groups excluding tert-OH is 1. The van der Waals surface area contributed by atoms with Crippen LogP contribution < -0.4 is 0 Å². The number of aliphatic hydroxyl groups is 1. The SMILES string of the molecule is CC1CC(=O)N(CC2CCCC2CO)C(=O)C1. The van der Waals surface area contributed by atoms with Crippen LogP contribution in [0.2, 0.25) is 0 Å². The zero-order valence-electron chi connectivity index (χ0n) is 10.4. The number of carbonyl (C=O) groups excluding carboxylic acids is 2. The normalized spacial score (nSPS) is 31.3. The Labute approximate surface area is 102 Å². The molecular weight excluding hydrogens is 218 g/mol. The molecule has 1 aliphatic heterocycles. The summed E-state index contributed by atoms with van der Waals surface area (Å²) in [7, 11) is 0. The predicted octanol–water partition coefficient (Wildman–Crippen LogP) is 1.18. The monoisotopic (exact) mass is 239 g/mol. The van der Waals surface area contributed by atoms with Crippen molar-refractivity contribution in [1.82, 2.24) is 4.90 Å². The standard InChI is InChI=1S/C13H21NO3/c1-9-5-12(16)14(13(17)6-9)7-10-3-2-4-11(10)8-15/h9-11,15H,2-8H2,1H3. The van der Waals surface area contributed by atoms with Crippen LogP contribution >= 0.6 is 0 Å². The zero-order chi connectivity index (χ0) is 12.4. The molecule has 2 rings (SSSR count). The van der Waals surface area contributed by atoms with E-state index in [0.29, 0.717) is 25.3 Å². The average Bonchev–Trinajstić information content (AvgIpc) is 2.70. The third-order valence-electron chi connectivity index (χ3n) is 4.12. The fourth-order valence-corrected chi connectivity index (χ4v) is 3.06. The van der Waals surface area contributed by atoms with E-state index in [0.717, 1.165) is 19.3 Å². The maximum atomic E-state index is 11.8. The fourth-order valence-electron chi connectivity index (χ4n) is 3.06. The van der Waals surface area contributed by atoms with Crippen molar-refractivity contribution < 1.29 is 14.7 Å². The lowest BCUT2D eigenvalue weighted by Crippen LogP contribution is -2.45.